The third kappa shape index (κ3) is 3.51. The van der Waals surface area contributed by atoms with Crippen molar-refractivity contribution in [2.75, 3.05) is 26.2 Å². The summed E-state index contributed by atoms with van der Waals surface area (Å²) in [7, 11) is 0. The van der Waals surface area contributed by atoms with E-state index in [2.05, 4.69) is 23.6 Å². The largest absolute Gasteiger partial charge is 0.481 e. The summed E-state index contributed by atoms with van der Waals surface area (Å²) >= 11 is 1.76. The van der Waals surface area contributed by atoms with Gasteiger partial charge in [-0.1, -0.05) is 37.3 Å². The number of thiophene rings is 1. The molecule has 0 spiro atoms. The fourth-order valence-electron chi connectivity index (χ4n) is 4.38. The Bertz CT molecular complexity index is 835. The lowest BCUT2D eigenvalue weighted by atomic mass is 9.93. The molecule has 2 aromatic rings. The van der Waals surface area contributed by atoms with Crippen LogP contribution in [0.4, 0.5) is 0 Å². The second-order valence-corrected chi connectivity index (χ2v) is 8.57. The lowest BCUT2D eigenvalue weighted by molar-refractivity contribution is -0.142. The highest BCUT2D eigenvalue weighted by atomic mass is 32.1. The molecular formula is C21H24N2O3S. The fraction of sp³-hybridized carbons (Fsp3) is 0.429. The average Bonchev–Trinajstić information content (AvgIpc) is 3.27. The lowest BCUT2D eigenvalue weighted by Crippen LogP contribution is -2.45. The molecule has 0 bridgehead atoms. The molecule has 1 fully saturated rings. The van der Waals surface area contributed by atoms with Crippen LogP contribution in [0.5, 0.6) is 0 Å². The van der Waals surface area contributed by atoms with Crippen LogP contribution in [0.1, 0.15) is 29.0 Å². The van der Waals surface area contributed by atoms with Crippen LogP contribution in [0.25, 0.3) is 0 Å². The minimum absolute atomic E-state index is 0.0519. The number of aliphatic carboxylic acids is 1. The fourth-order valence-corrected chi connectivity index (χ4v) is 5.28. The normalized spacial score (nSPS) is 25.4. The first-order chi connectivity index (χ1) is 13.0. The van der Waals surface area contributed by atoms with E-state index in [-0.39, 0.29) is 30.3 Å². The molecule has 0 aliphatic carbocycles. The number of hydrogen-bond donors (Lipinski definition) is 1. The predicted octanol–water partition coefficient (Wildman–Crippen LogP) is 2.87. The zero-order valence-corrected chi connectivity index (χ0v) is 16.2. The highest BCUT2D eigenvalue weighted by molar-refractivity contribution is 7.10. The van der Waals surface area contributed by atoms with E-state index in [1.807, 2.05) is 34.9 Å². The van der Waals surface area contributed by atoms with Gasteiger partial charge in [0.2, 0.25) is 5.91 Å². The van der Waals surface area contributed by atoms with Gasteiger partial charge in [-0.3, -0.25) is 14.5 Å². The summed E-state index contributed by atoms with van der Waals surface area (Å²) in [5, 5.41) is 11.4. The molecule has 3 atom stereocenters. The van der Waals surface area contributed by atoms with Gasteiger partial charge in [0.1, 0.15) is 0 Å². The number of hydrogen-bond acceptors (Lipinski definition) is 4. The Kier molecular flexibility index (Phi) is 5.02. The molecule has 1 N–H and O–H groups in total. The van der Waals surface area contributed by atoms with Crippen LogP contribution in [0.3, 0.4) is 0 Å². The van der Waals surface area contributed by atoms with Gasteiger partial charge in [-0.25, -0.2) is 0 Å². The van der Waals surface area contributed by atoms with E-state index >= 15 is 0 Å². The molecule has 1 saturated heterocycles. The molecule has 0 radical (unpaired) electrons. The molecule has 4 rings (SSSR count). The monoisotopic (exact) mass is 384 g/mol. The van der Waals surface area contributed by atoms with E-state index in [0.717, 1.165) is 12.0 Å². The van der Waals surface area contributed by atoms with Gasteiger partial charge < -0.3 is 10.0 Å². The van der Waals surface area contributed by atoms with E-state index in [0.29, 0.717) is 19.6 Å². The number of carboxylic acid groups (broad SMARTS) is 1. The van der Waals surface area contributed by atoms with E-state index in [1.165, 1.54) is 10.4 Å². The van der Waals surface area contributed by atoms with Crippen LogP contribution < -0.4 is 0 Å². The van der Waals surface area contributed by atoms with Crippen molar-refractivity contribution in [3.63, 3.8) is 0 Å². The molecule has 6 heteroatoms. The summed E-state index contributed by atoms with van der Waals surface area (Å²) in [6.45, 7) is 4.06. The number of likely N-dealkylation sites (tertiary alicyclic amines) is 1. The van der Waals surface area contributed by atoms with Gasteiger partial charge >= 0.3 is 5.97 Å². The Morgan fingerprint density at radius 2 is 1.96 bits per heavy atom. The molecule has 1 unspecified atom stereocenters. The van der Waals surface area contributed by atoms with Crippen molar-refractivity contribution in [3.8, 4) is 0 Å². The quantitative estimate of drug-likeness (QED) is 0.881. The average molecular weight is 385 g/mol. The zero-order valence-electron chi connectivity index (χ0n) is 15.4. The van der Waals surface area contributed by atoms with Crippen molar-refractivity contribution in [1.29, 1.82) is 0 Å². The zero-order chi connectivity index (χ0) is 19.0. The van der Waals surface area contributed by atoms with Crippen molar-refractivity contribution in [2.45, 2.75) is 19.4 Å². The smallest absolute Gasteiger partial charge is 0.308 e. The van der Waals surface area contributed by atoms with Gasteiger partial charge in [0.15, 0.2) is 0 Å². The van der Waals surface area contributed by atoms with Gasteiger partial charge in [-0.2, -0.15) is 0 Å². The predicted molar refractivity (Wildman–Crippen MR) is 105 cm³/mol. The Labute approximate surface area is 163 Å². The number of benzene rings is 1. The molecule has 2 aliphatic rings. The molecule has 5 nitrogen and oxygen atoms in total. The number of carbonyl (C=O) groups excluding carboxylic acids is 1. The molecule has 2 aliphatic heterocycles. The first-order valence-electron chi connectivity index (χ1n) is 9.40. The van der Waals surface area contributed by atoms with Crippen molar-refractivity contribution in [3.05, 3.63) is 57.8 Å². The number of nitrogens with zero attached hydrogens (tertiary/aromatic N) is 2. The Hall–Kier alpha value is -2.18. The van der Waals surface area contributed by atoms with Crippen molar-refractivity contribution >= 4 is 23.2 Å². The molecular weight excluding hydrogens is 360 g/mol. The number of carbonyl (C=O) groups is 2. The minimum atomic E-state index is -0.763. The highest BCUT2D eigenvalue weighted by Crippen LogP contribution is 2.38. The summed E-state index contributed by atoms with van der Waals surface area (Å²) in [5.41, 5.74) is 2.35. The summed E-state index contributed by atoms with van der Waals surface area (Å²) in [5.74, 6) is -0.989. The maximum absolute atomic E-state index is 13.2. The molecule has 1 amide bonds. The highest BCUT2D eigenvalue weighted by Gasteiger charge is 2.38. The van der Waals surface area contributed by atoms with E-state index in [9.17, 15) is 14.7 Å². The van der Waals surface area contributed by atoms with Gasteiger partial charge in [0.25, 0.3) is 0 Å². The number of carboxylic acids is 1. The van der Waals surface area contributed by atoms with Crippen molar-refractivity contribution in [1.82, 2.24) is 9.80 Å². The summed E-state index contributed by atoms with van der Waals surface area (Å²) < 4.78 is 0. The topological polar surface area (TPSA) is 60.9 Å². The van der Waals surface area contributed by atoms with Crippen molar-refractivity contribution < 1.29 is 14.7 Å². The standard InChI is InChI=1S/C21H24N2O3S/c1-14-11-22(12-17(14)21(25)26)13-19(24)23-9-7-18-16(8-10-27-18)20(23)15-5-3-2-4-6-15/h2-6,8,10,14,17,20H,7,9,11-13H2,1H3,(H,25,26)/t14-,17-,20?/m1/s1. The minimum Gasteiger partial charge on any atom is -0.481 e. The lowest BCUT2D eigenvalue weighted by Gasteiger charge is -2.37. The van der Waals surface area contributed by atoms with E-state index in [4.69, 9.17) is 0 Å². The van der Waals surface area contributed by atoms with E-state index < -0.39 is 5.97 Å². The third-order valence-electron chi connectivity index (χ3n) is 5.77. The van der Waals surface area contributed by atoms with Crippen LogP contribution >= 0.6 is 11.3 Å². The Morgan fingerprint density at radius 3 is 2.67 bits per heavy atom. The molecule has 0 saturated carbocycles. The number of amides is 1. The third-order valence-corrected chi connectivity index (χ3v) is 6.76. The van der Waals surface area contributed by atoms with Crippen LogP contribution in [0.2, 0.25) is 0 Å². The molecule has 27 heavy (non-hydrogen) atoms. The summed E-state index contributed by atoms with van der Waals surface area (Å²) in [6, 6.07) is 12.3. The van der Waals surface area contributed by atoms with Gasteiger partial charge in [-0.15, -0.1) is 11.3 Å². The molecule has 1 aromatic heterocycles. The first kappa shape index (κ1) is 18.2. The van der Waals surface area contributed by atoms with Gasteiger partial charge in [0, 0.05) is 24.5 Å². The molecule has 3 heterocycles. The molecule has 142 valence electrons. The maximum Gasteiger partial charge on any atom is 0.308 e. The maximum atomic E-state index is 13.2. The second-order valence-electron chi connectivity index (χ2n) is 7.57. The van der Waals surface area contributed by atoms with Gasteiger partial charge in [-0.05, 0) is 34.9 Å². The summed E-state index contributed by atoms with van der Waals surface area (Å²) in [6.07, 6.45) is 0.885. The first-order valence-corrected chi connectivity index (χ1v) is 10.3. The van der Waals surface area contributed by atoms with E-state index in [1.54, 1.807) is 11.3 Å². The van der Waals surface area contributed by atoms with Crippen LogP contribution in [0.15, 0.2) is 41.8 Å². The Balaban J connectivity index is 1.55. The SMILES string of the molecule is C[C@@H]1CN(CC(=O)N2CCc3sccc3C2c2ccccc2)C[C@H]1C(=O)O. The van der Waals surface area contributed by atoms with Crippen LogP contribution in [-0.2, 0) is 16.0 Å². The molecule has 1 aromatic carbocycles. The van der Waals surface area contributed by atoms with Crippen LogP contribution in [0, 0.1) is 11.8 Å². The summed E-state index contributed by atoms with van der Waals surface area (Å²) in [4.78, 5) is 29.9. The number of rotatable bonds is 4. The second kappa shape index (κ2) is 7.44. The number of fused-ring (bicyclic) bond motifs is 1. The van der Waals surface area contributed by atoms with Crippen molar-refractivity contribution in [2.24, 2.45) is 11.8 Å². The van der Waals surface area contributed by atoms with Crippen LogP contribution in [-0.4, -0.2) is 53.0 Å². The van der Waals surface area contributed by atoms with Gasteiger partial charge in [0.05, 0.1) is 18.5 Å². The Morgan fingerprint density at radius 1 is 1.19 bits per heavy atom.